The highest BCUT2D eigenvalue weighted by Crippen LogP contribution is 2.25. The zero-order valence-electron chi connectivity index (χ0n) is 7.77. The van der Waals surface area contributed by atoms with Gasteiger partial charge in [-0.3, -0.25) is 0 Å². The molecular formula is C11H12Br2. The van der Waals surface area contributed by atoms with E-state index in [1.807, 2.05) is 6.07 Å². The first-order valence-corrected chi connectivity index (χ1v) is 5.76. The van der Waals surface area contributed by atoms with Crippen molar-refractivity contribution in [3.05, 3.63) is 44.4 Å². The Hall–Kier alpha value is -0.0800. The van der Waals surface area contributed by atoms with Crippen molar-refractivity contribution in [2.75, 3.05) is 0 Å². The maximum absolute atomic E-state index is 3.54. The largest absolute Gasteiger partial charge is 0.0814 e. The first-order chi connectivity index (χ1) is 6.11. The second kappa shape index (κ2) is 4.97. The lowest BCUT2D eigenvalue weighted by atomic mass is 10.1. The van der Waals surface area contributed by atoms with Crippen molar-refractivity contribution in [3.63, 3.8) is 0 Å². The van der Waals surface area contributed by atoms with Crippen LogP contribution in [0.25, 0.3) is 0 Å². The topological polar surface area (TPSA) is 0 Å². The Balaban J connectivity index is 2.94. The molecule has 1 aromatic rings. The Bertz CT molecular complexity index is 303. The van der Waals surface area contributed by atoms with Gasteiger partial charge in [0.25, 0.3) is 0 Å². The van der Waals surface area contributed by atoms with Crippen molar-refractivity contribution < 1.29 is 0 Å². The van der Waals surface area contributed by atoms with Gasteiger partial charge in [0.15, 0.2) is 0 Å². The monoisotopic (exact) mass is 302 g/mol. The van der Waals surface area contributed by atoms with Crippen LogP contribution in [0.5, 0.6) is 0 Å². The zero-order valence-corrected chi connectivity index (χ0v) is 10.9. The summed E-state index contributed by atoms with van der Waals surface area (Å²) in [4.78, 5) is 0. The smallest absolute Gasteiger partial charge is 0.0221 e. The summed E-state index contributed by atoms with van der Waals surface area (Å²) < 4.78 is 2.33. The van der Waals surface area contributed by atoms with Crippen LogP contribution in [-0.4, -0.2) is 0 Å². The van der Waals surface area contributed by atoms with Gasteiger partial charge in [-0.2, -0.15) is 0 Å². The summed E-state index contributed by atoms with van der Waals surface area (Å²) in [6.45, 7) is 4.23. The third kappa shape index (κ3) is 3.28. The summed E-state index contributed by atoms with van der Waals surface area (Å²) in [6, 6.07) is 6.16. The van der Waals surface area contributed by atoms with E-state index in [1.54, 1.807) is 0 Å². The molecule has 0 radical (unpaired) electrons. The van der Waals surface area contributed by atoms with Crippen LogP contribution in [0.1, 0.15) is 19.4 Å². The second-order valence-electron chi connectivity index (χ2n) is 3.19. The van der Waals surface area contributed by atoms with Gasteiger partial charge in [-0.05, 0) is 38.0 Å². The molecule has 70 valence electrons. The molecule has 0 aliphatic carbocycles. The van der Waals surface area contributed by atoms with Crippen LogP contribution in [0.3, 0.4) is 0 Å². The third-order valence-electron chi connectivity index (χ3n) is 1.78. The molecule has 0 aliphatic heterocycles. The van der Waals surface area contributed by atoms with Gasteiger partial charge in [-0.25, -0.2) is 0 Å². The highest BCUT2D eigenvalue weighted by atomic mass is 79.9. The lowest BCUT2D eigenvalue weighted by Crippen LogP contribution is -1.85. The van der Waals surface area contributed by atoms with Crippen LogP contribution in [-0.2, 0) is 6.42 Å². The summed E-state index contributed by atoms with van der Waals surface area (Å²) in [7, 11) is 0. The van der Waals surface area contributed by atoms with E-state index in [-0.39, 0.29) is 0 Å². The van der Waals surface area contributed by atoms with Gasteiger partial charge in [-0.15, -0.1) is 0 Å². The first-order valence-electron chi connectivity index (χ1n) is 4.17. The van der Waals surface area contributed by atoms with Crippen LogP contribution >= 0.6 is 31.9 Å². The van der Waals surface area contributed by atoms with Gasteiger partial charge in [0, 0.05) is 8.95 Å². The zero-order chi connectivity index (χ0) is 9.84. The Morgan fingerprint density at radius 3 is 2.23 bits per heavy atom. The number of hydrogen-bond acceptors (Lipinski definition) is 0. The number of allylic oxidation sites excluding steroid dienone is 2. The van der Waals surface area contributed by atoms with E-state index < -0.39 is 0 Å². The summed E-state index contributed by atoms with van der Waals surface area (Å²) in [6.07, 6.45) is 3.20. The fraction of sp³-hybridized carbons (Fsp3) is 0.273. The maximum atomic E-state index is 3.54. The van der Waals surface area contributed by atoms with Crippen LogP contribution in [0.4, 0.5) is 0 Å². The molecule has 0 fully saturated rings. The molecule has 2 heteroatoms. The van der Waals surface area contributed by atoms with Gasteiger partial charge in [-0.1, -0.05) is 49.6 Å². The molecular weight excluding hydrogens is 292 g/mol. The molecule has 1 rings (SSSR count). The normalized spacial score (nSPS) is 9.85. The van der Waals surface area contributed by atoms with Gasteiger partial charge in [0.1, 0.15) is 0 Å². The fourth-order valence-corrected chi connectivity index (χ4v) is 2.36. The second-order valence-corrected chi connectivity index (χ2v) is 4.89. The molecule has 0 atom stereocenters. The van der Waals surface area contributed by atoms with Crippen LogP contribution < -0.4 is 0 Å². The molecule has 0 spiro atoms. The van der Waals surface area contributed by atoms with E-state index in [0.717, 1.165) is 6.42 Å². The van der Waals surface area contributed by atoms with Crippen molar-refractivity contribution in [2.45, 2.75) is 20.3 Å². The van der Waals surface area contributed by atoms with Gasteiger partial charge >= 0.3 is 0 Å². The van der Waals surface area contributed by atoms with Crippen molar-refractivity contribution in [3.8, 4) is 0 Å². The average Bonchev–Trinajstić information content (AvgIpc) is 2.03. The number of halogens is 2. The predicted octanol–water partition coefficient (Wildman–Crippen LogP) is 4.72. The highest BCUT2D eigenvalue weighted by molar-refractivity contribution is 9.11. The Labute approximate surface area is 96.3 Å². The lowest BCUT2D eigenvalue weighted by molar-refractivity contribution is 1.19. The minimum Gasteiger partial charge on any atom is -0.0814 e. The van der Waals surface area contributed by atoms with E-state index in [9.17, 15) is 0 Å². The van der Waals surface area contributed by atoms with Gasteiger partial charge < -0.3 is 0 Å². The quantitative estimate of drug-likeness (QED) is 0.694. The minimum absolute atomic E-state index is 0.977. The van der Waals surface area contributed by atoms with E-state index in [2.05, 4.69) is 63.9 Å². The molecule has 0 saturated carbocycles. The van der Waals surface area contributed by atoms with E-state index in [0.29, 0.717) is 0 Å². The Morgan fingerprint density at radius 1 is 1.23 bits per heavy atom. The SMILES string of the molecule is CC(C)=CCc1c(Br)cccc1Br. The molecule has 0 unspecified atom stereocenters. The van der Waals surface area contributed by atoms with Gasteiger partial charge in [0.05, 0.1) is 0 Å². The van der Waals surface area contributed by atoms with Crippen LogP contribution in [0, 0.1) is 0 Å². The minimum atomic E-state index is 0.977. The summed E-state index contributed by atoms with van der Waals surface area (Å²) in [5.74, 6) is 0. The molecule has 0 bridgehead atoms. The molecule has 1 aromatic carbocycles. The summed E-state index contributed by atoms with van der Waals surface area (Å²) in [5, 5.41) is 0. The molecule has 0 aromatic heterocycles. The third-order valence-corrected chi connectivity index (χ3v) is 3.26. The van der Waals surface area contributed by atoms with Crippen LogP contribution in [0.2, 0.25) is 0 Å². The van der Waals surface area contributed by atoms with Crippen molar-refractivity contribution >= 4 is 31.9 Å². The number of benzene rings is 1. The molecule has 13 heavy (non-hydrogen) atoms. The molecule has 0 saturated heterocycles. The summed E-state index contributed by atoms with van der Waals surface area (Å²) in [5.41, 5.74) is 2.66. The average molecular weight is 304 g/mol. The standard InChI is InChI=1S/C11H12Br2/c1-8(2)6-7-9-10(12)4-3-5-11(9)13/h3-6H,7H2,1-2H3. The molecule has 0 nitrogen and oxygen atoms in total. The van der Waals surface area contributed by atoms with Crippen molar-refractivity contribution in [1.29, 1.82) is 0 Å². The summed E-state index contributed by atoms with van der Waals surface area (Å²) >= 11 is 7.08. The van der Waals surface area contributed by atoms with E-state index in [1.165, 1.54) is 20.1 Å². The molecule has 0 amide bonds. The van der Waals surface area contributed by atoms with E-state index >= 15 is 0 Å². The van der Waals surface area contributed by atoms with Gasteiger partial charge in [0.2, 0.25) is 0 Å². The van der Waals surface area contributed by atoms with E-state index in [4.69, 9.17) is 0 Å². The Morgan fingerprint density at radius 2 is 1.77 bits per heavy atom. The fourth-order valence-electron chi connectivity index (χ4n) is 1.03. The first kappa shape index (κ1) is 11.0. The highest BCUT2D eigenvalue weighted by Gasteiger charge is 2.01. The number of hydrogen-bond donors (Lipinski definition) is 0. The van der Waals surface area contributed by atoms with Crippen molar-refractivity contribution in [1.82, 2.24) is 0 Å². The molecule has 0 aliphatic rings. The maximum Gasteiger partial charge on any atom is 0.0221 e. The lowest BCUT2D eigenvalue weighted by Gasteiger charge is -2.04. The van der Waals surface area contributed by atoms with Crippen LogP contribution in [0.15, 0.2) is 38.8 Å². The molecule has 0 heterocycles. The molecule has 0 N–H and O–H groups in total. The number of rotatable bonds is 2. The van der Waals surface area contributed by atoms with Crippen molar-refractivity contribution in [2.24, 2.45) is 0 Å². The predicted molar refractivity (Wildman–Crippen MR) is 65.0 cm³/mol. The Kier molecular flexibility index (Phi) is 4.20.